The van der Waals surface area contributed by atoms with Crippen molar-refractivity contribution in [3.05, 3.63) is 64.1 Å². The molecule has 2 aromatic heterocycles. The Hall–Kier alpha value is -3.00. The molecule has 7 nitrogen and oxygen atoms in total. The Kier molecular flexibility index (Phi) is 6.36. The topological polar surface area (TPSA) is 97.1 Å². The van der Waals surface area contributed by atoms with Crippen LogP contribution in [0.5, 0.6) is 0 Å². The number of anilines is 1. The van der Waals surface area contributed by atoms with Crippen LogP contribution in [0.4, 0.5) is 5.00 Å². The van der Waals surface area contributed by atoms with Crippen molar-refractivity contribution < 1.29 is 14.1 Å². The fourth-order valence-electron chi connectivity index (χ4n) is 2.66. The maximum absolute atomic E-state index is 12.6. The highest BCUT2D eigenvalue weighted by molar-refractivity contribution is 7.14. The van der Waals surface area contributed by atoms with Gasteiger partial charge < -0.3 is 15.2 Å². The van der Waals surface area contributed by atoms with Crippen LogP contribution in [0.25, 0.3) is 0 Å². The fourth-order valence-corrected chi connectivity index (χ4v) is 3.44. The fraction of sp³-hybridized carbons (Fsp3) is 0.364. The number of thiophene rings is 1. The van der Waals surface area contributed by atoms with Gasteiger partial charge in [-0.2, -0.15) is 4.98 Å². The normalized spacial score (nSPS) is 11.5. The summed E-state index contributed by atoms with van der Waals surface area (Å²) in [5.74, 6) is 0.741. The predicted molar refractivity (Wildman–Crippen MR) is 117 cm³/mol. The molecule has 2 heterocycles. The van der Waals surface area contributed by atoms with Crippen LogP contribution in [0.3, 0.4) is 0 Å². The molecule has 0 aliphatic rings. The molecular weight excluding hydrogens is 400 g/mol. The molecule has 0 saturated carbocycles. The quantitative estimate of drug-likeness (QED) is 0.594. The van der Waals surface area contributed by atoms with Gasteiger partial charge in [0.15, 0.2) is 5.82 Å². The lowest BCUT2D eigenvalue weighted by molar-refractivity contribution is 0.0951. The molecule has 3 rings (SSSR count). The van der Waals surface area contributed by atoms with Crippen molar-refractivity contribution in [2.45, 2.75) is 52.5 Å². The highest BCUT2D eigenvalue weighted by atomic mass is 32.1. The summed E-state index contributed by atoms with van der Waals surface area (Å²) in [5.41, 5.74) is 1.85. The Morgan fingerprint density at radius 2 is 1.80 bits per heavy atom. The van der Waals surface area contributed by atoms with E-state index >= 15 is 0 Å². The zero-order valence-electron chi connectivity index (χ0n) is 17.8. The number of carbonyl (C=O) groups is 2. The molecule has 2 N–H and O–H groups in total. The summed E-state index contributed by atoms with van der Waals surface area (Å²) in [6.45, 7) is 10.3. The summed E-state index contributed by atoms with van der Waals surface area (Å²) >= 11 is 1.30. The van der Waals surface area contributed by atoms with E-state index < -0.39 is 0 Å². The van der Waals surface area contributed by atoms with E-state index in [1.54, 1.807) is 23.6 Å². The van der Waals surface area contributed by atoms with E-state index in [0.717, 1.165) is 0 Å². The van der Waals surface area contributed by atoms with Gasteiger partial charge in [0.05, 0.1) is 12.1 Å². The molecule has 0 saturated heterocycles. The Labute approximate surface area is 179 Å². The van der Waals surface area contributed by atoms with Crippen LogP contribution in [0.15, 0.2) is 40.2 Å². The molecule has 0 spiro atoms. The van der Waals surface area contributed by atoms with Gasteiger partial charge >= 0.3 is 0 Å². The van der Waals surface area contributed by atoms with E-state index in [4.69, 9.17) is 4.52 Å². The van der Waals surface area contributed by atoms with Gasteiger partial charge in [0.2, 0.25) is 5.89 Å². The zero-order valence-corrected chi connectivity index (χ0v) is 18.6. The first-order chi connectivity index (χ1) is 14.1. The SMILES string of the molecule is CC(C)c1ccc(C(=O)Nc2sccc2C(=O)NCc2noc(C(C)(C)C)n2)cc1. The average Bonchev–Trinajstić information content (AvgIpc) is 3.35. The zero-order chi connectivity index (χ0) is 21.9. The van der Waals surface area contributed by atoms with Crippen molar-refractivity contribution in [3.8, 4) is 0 Å². The van der Waals surface area contributed by atoms with Crippen molar-refractivity contribution in [1.82, 2.24) is 15.5 Å². The molecule has 8 heteroatoms. The van der Waals surface area contributed by atoms with E-state index in [-0.39, 0.29) is 23.8 Å². The van der Waals surface area contributed by atoms with Crippen molar-refractivity contribution in [2.24, 2.45) is 0 Å². The van der Waals surface area contributed by atoms with Gasteiger partial charge in [0, 0.05) is 11.0 Å². The van der Waals surface area contributed by atoms with Crippen LogP contribution in [0.1, 0.15) is 78.5 Å². The van der Waals surface area contributed by atoms with E-state index in [1.807, 2.05) is 32.9 Å². The van der Waals surface area contributed by atoms with Crippen LogP contribution in [-0.2, 0) is 12.0 Å². The standard InChI is InChI=1S/C22H26N4O3S/c1-13(2)14-6-8-15(9-7-14)18(27)25-20-16(10-11-30-20)19(28)23-12-17-24-21(29-26-17)22(3,4)5/h6-11,13H,12H2,1-5H3,(H,23,28)(H,25,27). The predicted octanol–water partition coefficient (Wildman–Crippen LogP) is 4.73. The van der Waals surface area contributed by atoms with E-state index in [1.165, 1.54) is 16.9 Å². The van der Waals surface area contributed by atoms with Gasteiger partial charge in [-0.3, -0.25) is 9.59 Å². The Bertz CT molecular complexity index is 1030. The summed E-state index contributed by atoms with van der Waals surface area (Å²) in [6.07, 6.45) is 0. The molecule has 0 fully saturated rings. The average molecular weight is 427 g/mol. The highest BCUT2D eigenvalue weighted by Crippen LogP contribution is 2.25. The lowest BCUT2D eigenvalue weighted by Crippen LogP contribution is -2.24. The third kappa shape index (κ3) is 5.13. The molecule has 0 aliphatic carbocycles. The molecule has 30 heavy (non-hydrogen) atoms. The van der Waals surface area contributed by atoms with Crippen LogP contribution < -0.4 is 10.6 Å². The third-order valence-electron chi connectivity index (χ3n) is 4.49. The van der Waals surface area contributed by atoms with Crippen molar-refractivity contribution >= 4 is 28.2 Å². The number of nitrogens with zero attached hydrogens (tertiary/aromatic N) is 2. The minimum absolute atomic E-state index is 0.137. The van der Waals surface area contributed by atoms with E-state index in [9.17, 15) is 9.59 Å². The molecule has 3 aromatic rings. The second kappa shape index (κ2) is 8.79. The number of amides is 2. The number of hydrogen-bond donors (Lipinski definition) is 2. The number of aromatic nitrogens is 2. The molecule has 0 radical (unpaired) electrons. The lowest BCUT2D eigenvalue weighted by Gasteiger charge is -2.10. The van der Waals surface area contributed by atoms with Crippen molar-refractivity contribution in [2.75, 3.05) is 5.32 Å². The summed E-state index contributed by atoms with van der Waals surface area (Å²) in [7, 11) is 0. The van der Waals surface area contributed by atoms with Crippen molar-refractivity contribution in [1.29, 1.82) is 0 Å². The molecule has 0 bridgehead atoms. The smallest absolute Gasteiger partial charge is 0.256 e. The van der Waals surface area contributed by atoms with Crippen LogP contribution in [-0.4, -0.2) is 22.0 Å². The summed E-state index contributed by atoms with van der Waals surface area (Å²) in [4.78, 5) is 29.5. The van der Waals surface area contributed by atoms with E-state index in [2.05, 4.69) is 34.6 Å². The molecule has 2 amide bonds. The monoisotopic (exact) mass is 426 g/mol. The highest BCUT2D eigenvalue weighted by Gasteiger charge is 2.22. The minimum Gasteiger partial charge on any atom is -0.345 e. The maximum Gasteiger partial charge on any atom is 0.256 e. The second-order valence-electron chi connectivity index (χ2n) is 8.34. The van der Waals surface area contributed by atoms with Gasteiger partial charge in [-0.05, 0) is 35.1 Å². The first-order valence-corrected chi connectivity index (χ1v) is 10.6. The van der Waals surface area contributed by atoms with Gasteiger partial charge in [-0.25, -0.2) is 0 Å². The van der Waals surface area contributed by atoms with Crippen LogP contribution in [0, 0.1) is 0 Å². The Balaban J connectivity index is 1.63. The number of nitrogens with one attached hydrogen (secondary N) is 2. The molecule has 0 atom stereocenters. The largest absolute Gasteiger partial charge is 0.345 e. The molecule has 1 aromatic carbocycles. The number of carbonyl (C=O) groups excluding carboxylic acids is 2. The molecular formula is C22H26N4O3S. The van der Waals surface area contributed by atoms with Crippen LogP contribution in [0.2, 0.25) is 0 Å². The minimum atomic E-state index is -0.316. The molecule has 158 valence electrons. The number of hydrogen-bond acceptors (Lipinski definition) is 6. The summed E-state index contributed by atoms with van der Waals surface area (Å²) in [5, 5.41) is 11.8. The van der Waals surface area contributed by atoms with Gasteiger partial charge in [0.25, 0.3) is 11.8 Å². The van der Waals surface area contributed by atoms with Crippen molar-refractivity contribution in [3.63, 3.8) is 0 Å². The van der Waals surface area contributed by atoms with Crippen LogP contribution >= 0.6 is 11.3 Å². The number of rotatable bonds is 6. The van der Waals surface area contributed by atoms with E-state index in [0.29, 0.717) is 33.8 Å². The summed E-state index contributed by atoms with van der Waals surface area (Å²) in [6, 6.07) is 9.15. The first-order valence-electron chi connectivity index (χ1n) is 9.75. The lowest BCUT2D eigenvalue weighted by atomic mass is 9.97. The molecule has 0 aliphatic heterocycles. The van der Waals surface area contributed by atoms with Gasteiger partial charge in [-0.15, -0.1) is 11.3 Å². The Morgan fingerprint density at radius 3 is 2.40 bits per heavy atom. The van der Waals surface area contributed by atoms with Gasteiger partial charge in [0.1, 0.15) is 5.00 Å². The Morgan fingerprint density at radius 1 is 1.10 bits per heavy atom. The third-order valence-corrected chi connectivity index (χ3v) is 5.32. The first kappa shape index (κ1) is 21.7. The maximum atomic E-state index is 12.6. The summed E-state index contributed by atoms with van der Waals surface area (Å²) < 4.78 is 5.23. The van der Waals surface area contributed by atoms with Gasteiger partial charge in [-0.1, -0.05) is 51.9 Å². The molecule has 0 unspecified atom stereocenters. The second-order valence-corrected chi connectivity index (χ2v) is 9.26. The number of benzene rings is 1.